The summed E-state index contributed by atoms with van der Waals surface area (Å²) in [5, 5.41) is 13.2. The van der Waals surface area contributed by atoms with Gasteiger partial charge in [-0.05, 0) is 31.2 Å². The summed E-state index contributed by atoms with van der Waals surface area (Å²) in [6.07, 6.45) is 4.53. The lowest BCUT2D eigenvalue weighted by Crippen LogP contribution is -2.44. The van der Waals surface area contributed by atoms with E-state index in [1.54, 1.807) is 7.05 Å². The molecule has 0 fully saturated rings. The summed E-state index contributed by atoms with van der Waals surface area (Å²) in [5.41, 5.74) is 7.96. The molecule has 0 bridgehead atoms. The van der Waals surface area contributed by atoms with Crippen LogP contribution in [0.15, 0.2) is 42.0 Å². The Hall–Kier alpha value is -1.65. The number of hydrogen-bond donors (Lipinski definition) is 3. The zero-order valence-corrected chi connectivity index (χ0v) is 12.5. The predicted molar refractivity (Wildman–Crippen MR) is 83.6 cm³/mol. The molecule has 3 unspecified atom stereocenters. The fraction of sp³-hybridized carbons (Fsp3) is 0.471. The van der Waals surface area contributed by atoms with Crippen molar-refractivity contribution in [3.63, 3.8) is 0 Å². The van der Waals surface area contributed by atoms with Gasteiger partial charge in [0.1, 0.15) is 0 Å². The summed E-state index contributed by atoms with van der Waals surface area (Å²) in [6, 6.07) is 9.52. The standard InChI is InChI=1S/C17H24N2O2/c1-19-17(21)14-10-6-5-9-13(14)16(20)15(18)11-12-7-3-2-4-8-12/h2-4,7-8,10,13,15-16,20H,5-6,9,11,18H2,1H3,(H,19,21). The van der Waals surface area contributed by atoms with E-state index < -0.39 is 6.10 Å². The number of benzene rings is 1. The highest BCUT2D eigenvalue weighted by molar-refractivity contribution is 5.93. The maximum atomic E-state index is 11.9. The summed E-state index contributed by atoms with van der Waals surface area (Å²) in [6.45, 7) is 0. The summed E-state index contributed by atoms with van der Waals surface area (Å²) in [4.78, 5) is 11.9. The van der Waals surface area contributed by atoms with Gasteiger partial charge in [0.05, 0.1) is 6.10 Å². The number of rotatable bonds is 5. The van der Waals surface area contributed by atoms with Gasteiger partial charge in [-0.25, -0.2) is 0 Å². The first-order valence-corrected chi connectivity index (χ1v) is 7.53. The van der Waals surface area contributed by atoms with Crippen LogP contribution in [0.2, 0.25) is 0 Å². The molecule has 21 heavy (non-hydrogen) atoms. The Labute approximate surface area is 126 Å². The predicted octanol–water partition coefficient (Wildman–Crippen LogP) is 1.39. The molecule has 1 aliphatic carbocycles. The first kappa shape index (κ1) is 15.7. The van der Waals surface area contributed by atoms with Crippen molar-refractivity contribution in [3.8, 4) is 0 Å². The summed E-state index contributed by atoms with van der Waals surface area (Å²) in [5.74, 6) is -0.275. The first-order valence-electron chi connectivity index (χ1n) is 7.53. The average molecular weight is 288 g/mol. The van der Waals surface area contributed by atoms with Crippen LogP contribution >= 0.6 is 0 Å². The van der Waals surface area contributed by atoms with Crippen LogP contribution in [-0.2, 0) is 11.2 Å². The van der Waals surface area contributed by atoms with Gasteiger partial charge >= 0.3 is 0 Å². The third-order valence-electron chi connectivity index (χ3n) is 4.14. The molecule has 4 heteroatoms. The number of nitrogens with two attached hydrogens (primary N) is 1. The highest BCUT2D eigenvalue weighted by Crippen LogP contribution is 2.29. The van der Waals surface area contributed by atoms with Crippen LogP contribution in [0.3, 0.4) is 0 Å². The molecule has 0 heterocycles. The second-order valence-corrected chi connectivity index (χ2v) is 5.62. The minimum Gasteiger partial charge on any atom is -0.391 e. The molecule has 0 aliphatic heterocycles. The van der Waals surface area contributed by atoms with Crippen molar-refractivity contribution in [2.75, 3.05) is 7.05 Å². The molecule has 1 aromatic carbocycles. The number of aliphatic hydroxyl groups excluding tert-OH is 1. The van der Waals surface area contributed by atoms with Gasteiger partial charge in [0.2, 0.25) is 5.91 Å². The minimum absolute atomic E-state index is 0.106. The lowest BCUT2D eigenvalue weighted by atomic mass is 9.79. The molecule has 1 aromatic rings. The smallest absolute Gasteiger partial charge is 0.247 e. The number of likely N-dealkylation sites (N-methyl/N-ethyl adjacent to an activating group) is 1. The number of hydrogen-bond acceptors (Lipinski definition) is 3. The van der Waals surface area contributed by atoms with E-state index in [9.17, 15) is 9.90 Å². The van der Waals surface area contributed by atoms with E-state index in [4.69, 9.17) is 5.73 Å². The van der Waals surface area contributed by atoms with Crippen LogP contribution in [0.4, 0.5) is 0 Å². The van der Waals surface area contributed by atoms with E-state index in [-0.39, 0.29) is 17.9 Å². The van der Waals surface area contributed by atoms with Crippen LogP contribution in [0.1, 0.15) is 24.8 Å². The number of allylic oxidation sites excluding steroid dienone is 1. The first-order chi connectivity index (χ1) is 10.1. The second-order valence-electron chi connectivity index (χ2n) is 5.62. The van der Waals surface area contributed by atoms with Crippen LogP contribution in [0, 0.1) is 5.92 Å². The van der Waals surface area contributed by atoms with Crippen molar-refractivity contribution in [2.45, 2.75) is 37.8 Å². The molecule has 3 atom stereocenters. The van der Waals surface area contributed by atoms with Gasteiger partial charge in [-0.3, -0.25) is 4.79 Å². The van der Waals surface area contributed by atoms with Crippen LogP contribution in [0.25, 0.3) is 0 Å². The molecule has 4 N–H and O–H groups in total. The number of amides is 1. The molecule has 0 aromatic heterocycles. The van der Waals surface area contributed by atoms with E-state index in [1.165, 1.54) is 0 Å². The van der Waals surface area contributed by atoms with E-state index in [1.807, 2.05) is 36.4 Å². The fourth-order valence-corrected chi connectivity index (χ4v) is 2.97. The van der Waals surface area contributed by atoms with Crippen LogP contribution < -0.4 is 11.1 Å². The monoisotopic (exact) mass is 288 g/mol. The van der Waals surface area contributed by atoms with E-state index >= 15 is 0 Å². The van der Waals surface area contributed by atoms with E-state index in [0.29, 0.717) is 12.0 Å². The molecule has 114 valence electrons. The molecular formula is C17H24N2O2. The van der Waals surface area contributed by atoms with Crippen LogP contribution in [0.5, 0.6) is 0 Å². The van der Waals surface area contributed by atoms with Crippen molar-refractivity contribution >= 4 is 5.91 Å². The maximum absolute atomic E-state index is 11.9. The SMILES string of the molecule is CNC(=O)C1=CCCCC1C(O)C(N)Cc1ccccc1. The Morgan fingerprint density at radius 2 is 2.14 bits per heavy atom. The van der Waals surface area contributed by atoms with Crippen molar-refractivity contribution in [1.82, 2.24) is 5.32 Å². The zero-order chi connectivity index (χ0) is 15.2. The highest BCUT2D eigenvalue weighted by Gasteiger charge is 2.32. The Balaban J connectivity index is 2.07. The average Bonchev–Trinajstić information content (AvgIpc) is 2.54. The Kier molecular flexibility index (Phi) is 5.53. The Bertz CT molecular complexity index is 499. The lowest BCUT2D eigenvalue weighted by molar-refractivity contribution is -0.118. The lowest BCUT2D eigenvalue weighted by Gasteiger charge is -2.31. The van der Waals surface area contributed by atoms with Crippen molar-refractivity contribution in [2.24, 2.45) is 11.7 Å². The second kappa shape index (κ2) is 7.38. The topological polar surface area (TPSA) is 75.3 Å². The largest absolute Gasteiger partial charge is 0.391 e. The van der Waals surface area contributed by atoms with Gasteiger partial charge < -0.3 is 16.2 Å². The summed E-state index contributed by atoms with van der Waals surface area (Å²) in [7, 11) is 1.62. The Morgan fingerprint density at radius 1 is 1.43 bits per heavy atom. The van der Waals surface area contributed by atoms with Crippen molar-refractivity contribution < 1.29 is 9.90 Å². The van der Waals surface area contributed by atoms with Gasteiger partial charge in [0.15, 0.2) is 0 Å². The molecule has 1 aliphatic rings. The number of nitrogens with one attached hydrogen (secondary N) is 1. The Morgan fingerprint density at radius 3 is 2.81 bits per heavy atom. The van der Waals surface area contributed by atoms with Crippen LogP contribution in [-0.4, -0.2) is 30.2 Å². The number of aliphatic hydroxyl groups is 1. The molecule has 2 rings (SSSR count). The van der Waals surface area contributed by atoms with Gasteiger partial charge in [0.25, 0.3) is 0 Å². The van der Waals surface area contributed by atoms with E-state index in [2.05, 4.69) is 5.32 Å². The number of carbonyl (C=O) groups is 1. The molecule has 1 amide bonds. The summed E-state index contributed by atoms with van der Waals surface area (Å²) < 4.78 is 0. The molecule has 4 nitrogen and oxygen atoms in total. The quantitative estimate of drug-likeness (QED) is 0.766. The molecular weight excluding hydrogens is 264 g/mol. The molecule has 0 spiro atoms. The molecule has 0 radical (unpaired) electrons. The van der Waals surface area contributed by atoms with E-state index in [0.717, 1.165) is 24.8 Å². The fourth-order valence-electron chi connectivity index (χ4n) is 2.97. The molecule has 0 saturated carbocycles. The zero-order valence-electron chi connectivity index (χ0n) is 12.5. The van der Waals surface area contributed by atoms with Gasteiger partial charge in [-0.2, -0.15) is 0 Å². The van der Waals surface area contributed by atoms with Crippen molar-refractivity contribution in [3.05, 3.63) is 47.5 Å². The summed E-state index contributed by atoms with van der Waals surface area (Å²) >= 11 is 0. The number of carbonyl (C=O) groups excluding carboxylic acids is 1. The highest BCUT2D eigenvalue weighted by atomic mass is 16.3. The van der Waals surface area contributed by atoms with Gasteiger partial charge in [0, 0.05) is 24.6 Å². The minimum atomic E-state index is -0.700. The third kappa shape index (κ3) is 3.93. The van der Waals surface area contributed by atoms with Gasteiger partial charge in [-0.15, -0.1) is 0 Å². The molecule has 0 saturated heterocycles. The maximum Gasteiger partial charge on any atom is 0.247 e. The van der Waals surface area contributed by atoms with Crippen molar-refractivity contribution in [1.29, 1.82) is 0 Å². The van der Waals surface area contributed by atoms with Gasteiger partial charge in [-0.1, -0.05) is 36.4 Å². The third-order valence-corrected chi connectivity index (χ3v) is 4.14. The normalized spacial score (nSPS) is 21.3.